The Bertz CT molecular complexity index is 1070. The quantitative estimate of drug-likeness (QED) is 0.689. The molecule has 27 heavy (non-hydrogen) atoms. The van der Waals surface area contributed by atoms with Crippen LogP contribution in [0.5, 0.6) is 5.88 Å². The molecule has 0 radical (unpaired) electrons. The predicted molar refractivity (Wildman–Crippen MR) is 106 cm³/mol. The first kappa shape index (κ1) is 19.1. The maximum absolute atomic E-state index is 12.7. The number of nitrogens with one attached hydrogen (secondary N) is 1. The van der Waals surface area contributed by atoms with Gasteiger partial charge in [-0.2, -0.15) is 0 Å². The number of hydrogen-bond donors (Lipinski definition) is 1. The zero-order chi connectivity index (χ0) is 19.6. The van der Waals surface area contributed by atoms with Crippen molar-refractivity contribution in [2.75, 3.05) is 11.8 Å². The van der Waals surface area contributed by atoms with E-state index in [1.807, 2.05) is 0 Å². The highest BCUT2D eigenvalue weighted by Gasteiger charge is 2.18. The van der Waals surface area contributed by atoms with Gasteiger partial charge in [-0.15, -0.1) is 10.2 Å². The lowest BCUT2D eigenvalue weighted by Crippen LogP contribution is -2.14. The molecule has 3 rings (SSSR count). The van der Waals surface area contributed by atoms with Crippen molar-refractivity contribution in [3.8, 4) is 17.1 Å². The van der Waals surface area contributed by atoms with E-state index in [1.54, 1.807) is 62.4 Å². The zero-order valence-corrected chi connectivity index (χ0v) is 16.6. The van der Waals surface area contributed by atoms with Gasteiger partial charge in [0.2, 0.25) is 5.88 Å². The van der Waals surface area contributed by atoms with Crippen LogP contribution in [0.3, 0.4) is 0 Å². The normalized spacial score (nSPS) is 11.3. The summed E-state index contributed by atoms with van der Waals surface area (Å²) >= 11 is 6.06. The second-order valence-corrected chi connectivity index (χ2v) is 8.07. The van der Waals surface area contributed by atoms with Gasteiger partial charge >= 0.3 is 0 Å². The van der Waals surface area contributed by atoms with Crippen LogP contribution in [0.15, 0.2) is 53.4 Å². The number of benzene rings is 2. The van der Waals surface area contributed by atoms with Crippen molar-refractivity contribution in [2.45, 2.75) is 18.7 Å². The van der Waals surface area contributed by atoms with E-state index in [1.165, 1.54) is 7.11 Å². The highest BCUT2D eigenvalue weighted by molar-refractivity contribution is 7.92. The Labute approximate surface area is 163 Å². The van der Waals surface area contributed by atoms with Gasteiger partial charge in [0, 0.05) is 22.3 Å². The van der Waals surface area contributed by atoms with Gasteiger partial charge < -0.3 is 4.74 Å². The van der Waals surface area contributed by atoms with Gasteiger partial charge in [0.05, 0.1) is 17.7 Å². The standard InChI is InChI=1S/C19H18ClN3O3S/c1-12-11-18(13(2)10-16(12)20)27(24,25)23-15-6-4-14(5-7-15)17-8-9-19(26-3)22-21-17/h4-11,23H,1-3H3. The van der Waals surface area contributed by atoms with Crippen LogP contribution in [-0.4, -0.2) is 25.7 Å². The Morgan fingerprint density at radius 1 is 0.963 bits per heavy atom. The summed E-state index contributed by atoms with van der Waals surface area (Å²) in [7, 11) is -2.20. The summed E-state index contributed by atoms with van der Waals surface area (Å²) in [5.41, 5.74) is 3.22. The van der Waals surface area contributed by atoms with E-state index in [0.29, 0.717) is 33.4 Å². The molecule has 0 aliphatic carbocycles. The first-order chi connectivity index (χ1) is 12.8. The van der Waals surface area contributed by atoms with E-state index in [9.17, 15) is 8.42 Å². The van der Waals surface area contributed by atoms with E-state index in [0.717, 1.165) is 5.56 Å². The smallest absolute Gasteiger partial charge is 0.262 e. The van der Waals surface area contributed by atoms with Gasteiger partial charge in [-0.05, 0) is 55.3 Å². The molecule has 2 aromatic carbocycles. The first-order valence-corrected chi connectivity index (χ1v) is 9.94. The topological polar surface area (TPSA) is 81.2 Å². The maximum Gasteiger partial charge on any atom is 0.262 e. The van der Waals surface area contributed by atoms with Crippen LogP contribution in [0, 0.1) is 13.8 Å². The van der Waals surface area contributed by atoms with Crippen molar-refractivity contribution in [1.82, 2.24) is 10.2 Å². The number of halogens is 1. The maximum atomic E-state index is 12.7. The predicted octanol–water partition coefficient (Wildman–Crippen LogP) is 4.22. The summed E-state index contributed by atoms with van der Waals surface area (Å²) in [5.74, 6) is 0.428. The van der Waals surface area contributed by atoms with Crippen LogP contribution in [0.1, 0.15) is 11.1 Å². The molecule has 0 atom stereocenters. The van der Waals surface area contributed by atoms with Gasteiger partial charge in [-0.1, -0.05) is 23.7 Å². The highest BCUT2D eigenvalue weighted by atomic mass is 35.5. The fraction of sp³-hybridized carbons (Fsp3) is 0.158. The van der Waals surface area contributed by atoms with E-state index < -0.39 is 10.0 Å². The van der Waals surface area contributed by atoms with Crippen molar-refractivity contribution in [2.24, 2.45) is 0 Å². The Morgan fingerprint density at radius 2 is 1.67 bits per heavy atom. The fourth-order valence-corrected chi connectivity index (χ4v) is 4.14. The van der Waals surface area contributed by atoms with Crippen molar-refractivity contribution in [3.05, 3.63) is 64.7 Å². The minimum Gasteiger partial charge on any atom is -0.480 e. The van der Waals surface area contributed by atoms with Gasteiger partial charge in [0.1, 0.15) is 0 Å². The van der Waals surface area contributed by atoms with E-state index in [4.69, 9.17) is 16.3 Å². The second kappa shape index (κ2) is 7.54. The average molecular weight is 404 g/mol. The van der Waals surface area contributed by atoms with E-state index in [2.05, 4.69) is 14.9 Å². The SMILES string of the molecule is COc1ccc(-c2ccc(NS(=O)(=O)c3cc(C)c(Cl)cc3C)cc2)nn1. The van der Waals surface area contributed by atoms with Crippen molar-refractivity contribution >= 4 is 27.3 Å². The van der Waals surface area contributed by atoms with Crippen LogP contribution in [0.2, 0.25) is 5.02 Å². The summed E-state index contributed by atoms with van der Waals surface area (Å²) in [6.45, 7) is 3.48. The molecule has 0 aliphatic rings. The van der Waals surface area contributed by atoms with Gasteiger partial charge in [-0.3, -0.25) is 4.72 Å². The molecular formula is C19H18ClN3O3S. The third-order valence-electron chi connectivity index (χ3n) is 4.03. The minimum atomic E-state index is -3.72. The van der Waals surface area contributed by atoms with Crippen LogP contribution >= 0.6 is 11.6 Å². The van der Waals surface area contributed by atoms with E-state index in [-0.39, 0.29) is 4.90 Å². The van der Waals surface area contributed by atoms with Gasteiger partial charge in [-0.25, -0.2) is 8.42 Å². The number of hydrogen-bond acceptors (Lipinski definition) is 5. The highest BCUT2D eigenvalue weighted by Crippen LogP contribution is 2.26. The minimum absolute atomic E-state index is 0.203. The molecule has 0 saturated heterocycles. The number of methoxy groups -OCH3 is 1. The Balaban J connectivity index is 1.84. The number of rotatable bonds is 5. The summed E-state index contributed by atoms with van der Waals surface area (Å²) in [5, 5.41) is 8.54. The molecule has 0 saturated carbocycles. The molecule has 0 spiro atoms. The number of nitrogens with zero attached hydrogens (tertiary/aromatic N) is 2. The molecule has 0 unspecified atom stereocenters. The molecule has 0 bridgehead atoms. The zero-order valence-electron chi connectivity index (χ0n) is 15.0. The molecule has 1 heterocycles. The summed E-state index contributed by atoms with van der Waals surface area (Å²) in [4.78, 5) is 0.203. The third-order valence-corrected chi connectivity index (χ3v) is 5.96. The fourth-order valence-electron chi connectivity index (χ4n) is 2.55. The number of anilines is 1. The summed E-state index contributed by atoms with van der Waals surface area (Å²) < 4.78 is 33.0. The van der Waals surface area contributed by atoms with E-state index >= 15 is 0 Å². The molecule has 0 fully saturated rings. The average Bonchev–Trinajstić information content (AvgIpc) is 2.65. The third kappa shape index (κ3) is 4.20. The number of aryl methyl sites for hydroxylation is 2. The number of sulfonamides is 1. The monoisotopic (exact) mass is 403 g/mol. The Morgan fingerprint density at radius 3 is 2.26 bits per heavy atom. The van der Waals surface area contributed by atoms with Crippen molar-refractivity contribution < 1.29 is 13.2 Å². The lowest BCUT2D eigenvalue weighted by molar-refractivity contribution is 0.392. The largest absolute Gasteiger partial charge is 0.480 e. The molecule has 0 amide bonds. The molecule has 8 heteroatoms. The molecule has 6 nitrogen and oxygen atoms in total. The van der Waals surface area contributed by atoms with Crippen LogP contribution in [0.25, 0.3) is 11.3 Å². The molecule has 1 N–H and O–H groups in total. The van der Waals surface area contributed by atoms with Gasteiger partial charge in [0.15, 0.2) is 0 Å². The summed E-state index contributed by atoms with van der Waals surface area (Å²) in [6, 6.07) is 13.6. The van der Waals surface area contributed by atoms with Crippen LogP contribution in [0.4, 0.5) is 5.69 Å². The van der Waals surface area contributed by atoms with Crippen LogP contribution in [-0.2, 0) is 10.0 Å². The molecule has 140 valence electrons. The van der Waals surface area contributed by atoms with Crippen LogP contribution < -0.4 is 9.46 Å². The lowest BCUT2D eigenvalue weighted by Gasteiger charge is -2.12. The Kier molecular flexibility index (Phi) is 5.34. The van der Waals surface area contributed by atoms with Crippen molar-refractivity contribution in [3.63, 3.8) is 0 Å². The number of aromatic nitrogens is 2. The first-order valence-electron chi connectivity index (χ1n) is 8.08. The summed E-state index contributed by atoms with van der Waals surface area (Å²) in [6.07, 6.45) is 0. The lowest BCUT2D eigenvalue weighted by atomic mass is 10.1. The molecule has 3 aromatic rings. The molecule has 1 aromatic heterocycles. The van der Waals surface area contributed by atoms with Crippen molar-refractivity contribution in [1.29, 1.82) is 0 Å². The molecular weight excluding hydrogens is 386 g/mol. The Hall–Kier alpha value is -2.64. The molecule has 0 aliphatic heterocycles. The van der Waals surface area contributed by atoms with Gasteiger partial charge in [0.25, 0.3) is 10.0 Å². The number of ether oxygens (including phenoxy) is 1. The second-order valence-electron chi connectivity index (χ2n) is 6.01.